The van der Waals surface area contributed by atoms with Gasteiger partial charge in [-0.25, -0.2) is 0 Å². The van der Waals surface area contributed by atoms with Gasteiger partial charge in [-0.2, -0.15) is 0 Å². The van der Waals surface area contributed by atoms with Crippen LogP contribution in [0.2, 0.25) is 0 Å². The minimum atomic E-state index is -0.505. The van der Waals surface area contributed by atoms with Gasteiger partial charge < -0.3 is 10.1 Å². The molecule has 0 atom stereocenters. The van der Waals surface area contributed by atoms with E-state index < -0.39 is 4.92 Å². The van der Waals surface area contributed by atoms with E-state index >= 15 is 0 Å². The maximum absolute atomic E-state index is 11.9. The molecule has 120 valence electrons. The van der Waals surface area contributed by atoms with Gasteiger partial charge in [0.2, 0.25) is 0 Å². The van der Waals surface area contributed by atoms with E-state index in [1.165, 1.54) is 18.2 Å². The highest BCUT2D eigenvalue weighted by atomic mass is 79.9. The van der Waals surface area contributed by atoms with Gasteiger partial charge in [-0.05, 0) is 52.7 Å². The van der Waals surface area contributed by atoms with E-state index in [-0.39, 0.29) is 18.2 Å². The fourth-order valence-corrected chi connectivity index (χ4v) is 2.47. The number of nitrogens with zero attached hydrogens (tertiary/aromatic N) is 1. The van der Waals surface area contributed by atoms with Crippen LogP contribution in [-0.2, 0) is 4.79 Å². The molecule has 0 fully saturated rings. The summed E-state index contributed by atoms with van der Waals surface area (Å²) in [7, 11) is 0. The van der Waals surface area contributed by atoms with Crippen molar-refractivity contribution in [2.75, 3.05) is 11.9 Å². The quantitative estimate of drug-likeness (QED) is 0.546. The Hall–Kier alpha value is -1.93. The minimum Gasteiger partial charge on any atom is -0.484 e. The molecule has 1 amide bonds. The van der Waals surface area contributed by atoms with E-state index in [9.17, 15) is 14.9 Å². The number of aryl methyl sites for hydroxylation is 1. The van der Waals surface area contributed by atoms with E-state index in [0.717, 1.165) is 10.0 Å². The van der Waals surface area contributed by atoms with Crippen LogP contribution in [0, 0.1) is 17.0 Å². The van der Waals surface area contributed by atoms with Crippen LogP contribution in [0.3, 0.4) is 0 Å². The number of benzene rings is 2. The normalized spacial score (nSPS) is 10.2. The van der Waals surface area contributed by atoms with E-state index in [1.54, 1.807) is 6.07 Å². The summed E-state index contributed by atoms with van der Waals surface area (Å²) >= 11 is 6.58. The smallest absolute Gasteiger partial charge is 0.270 e. The minimum absolute atomic E-state index is 0.0588. The fraction of sp³-hybridized carbons (Fsp3) is 0.133. The molecule has 0 aliphatic carbocycles. The zero-order chi connectivity index (χ0) is 17.0. The number of carbonyl (C=O) groups excluding carboxylic acids is 1. The molecule has 23 heavy (non-hydrogen) atoms. The molecule has 8 heteroatoms. The van der Waals surface area contributed by atoms with Crippen LogP contribution in [0.1, 0.15) is 5.56 Å². The molecule has 2 rings (SSSR count). The summed E-state index contributed by atoms with van der Waals surface area (Å²) in [5, 5.41) is 13.3. The molecule has 0 aliphatic rings. The van der Waals surface area contributed by atoms with Crippen molar-refractivity contribution in [3.63, 3.8) is 0 Å². The number of hydrogen-bond donors (Lipinski definition) is 1. The number of hydrogen-bond acceptors (Lipinski definition) is 4. The Labute approximate surface area is 149 Å². The number of amides is 1. The van der Waals surface area contributed by atoms with Crippen LogP contribution < -0.4 is 10.1 Å². The van der Waals surface area contributed by atoms with Crippen molar-refractivity contribution >= 4 is 49.1 Å². The number of nitro groups is 1. The Morgan fingerprint density at radius 3 is 2.57 bits per heavy atom. The lowest BCUT2D eigenvalue weighted by Crippen LogP contribution is -2.20. The Kier molecular flexibility index (Phi) is 5.73. The molecule has 1 N–H and O–H groups in total. The van der Waals surface area contributed by atoms with Crippen LogP contribution >= 0.6 is 31.9 Å². The number of halogens is 2. The third-order valence-corrected chi connectivity index (χ3v) is 4.48. The average Bonchev–Trinajstić information content (AvgIpc) is 2.50. The van der Waals surface area contributed by atoms with Gasteiger partial charge >= 0.3 is 0 Å². The SMILES string of the molecule is Cc1cc(OCC(=O)Nc2ccc([N+](=O)[O-])cc2Br)ccc1Br. The highest BCUT2D eigenvalue weighted by Crippen LogP contribution is 2.27. The monoisotopic (exact) mass is 442 g/mol. The maximum atomic E-state index is 11.9. The predicted octanol–water partition coefficient (Wildman–Crippen LogP) is 4.45. The number of nitro benzene ring substituents is 1. The van der Waals surface area contributed by atoms with Crippen LogP contribution in [-0.4, -0.2) is 17.4 Å². The molecule has 2 aromatic rings. The van der Waals surface area contributed by atoms with Gasteiger partial charge in [0.25, 0.3) is 11.6 Å². The highest BCUT2D eigenvalue weighted by molar-refractivity contribution is 9.10. The van der Waals surface area contributed by atoms with Gasteiger partial charge in [0, 0.05) is 21.1 Å². The largest absolute Gasteiger partial charge is 0.484 e. The number of rotatable bonds is 5. The molecule has 0 radical (unpaired) electrons. The van der Waals surface area contributed by atoms with Crippen molar-refractivity contribution in [1.29, 1.82) is 0 Å². The summed E-state index contributed by atoms with van der Waals surface area (Å²) in [4.78, 5) is 22.1. The second-order valence-electron chi connectivity index (χ2n) is 4.67. The van der Waals surface area contributed by atoms with Gasteiger partial charge in [-0.1, -0.05) is 15.9 Å². The molecule has 0 heterocycles. The molecule has 6 nitrogen and oxygen atoms in total. The Morgan fingerprint density at radius 1 is 1.22 bits per heavy atom. The Morgan fingerprint density at radius 2 is 1.96 bits per heavy atom. The van der Waals surface area contributed by atoms with Crippen molar-refractivity contribution in [1.82, 2.24) is 0 Å². The molecule has 0 unspecified atom stereocenters. The predicted molar refractivity (Wildman–Crippen MR) is 93.8 cm³/mol. The topological polar surface area (TPSA) is 81.5 Å². The highest BCUT2D eigenvalue weighted by Gasteiger charge is 2.11. The molecule has 0 saturated carbocycles. The third kappa shape index (κ3) is 4.77. The summed E-state index contributed by atoms with van der Waals surface area (Å²) in [6, 6.07) is 9.53. The van der Waals surface area contributed by atoms with Gasteiger partial charge in [0.05, 0.1) is 10.6 Å². The summed E-state index contributed by atoms with van der Waals surface area (Å²) in [6.45, 7) is 1.76. The molecule has 0 saturated heterocycles. The number of anilines is 1. The molecule has 2 aromatic carbocycles. The second kappa shape index (κ2) is 7.56. The lowest BCUT2D eigenvalue weighted by Gasteiger charge is -2.09. The van der Waals surface area contributed by atoms with Crippen LogP contribution in [0.25, 0.3) is 0 Å². The fourth-order valence-electron chi connectivity index (χ4n) is 1.76. The first-order valence-electron chi connectivity index (χ1n) is 6.49. The van der Waals surface area contributed by atoms with Crippen molar-refractivity contribution in [3.8, 4) is 5.75 Å². The van der Waals surface area contributed by atoms with Crippen molar-refractivity contribution in [2.45, 2.75) is 6.92 Å². The van der Waals surface area contributed by atoms with E-state index in [2.05, 4.69) is 37.2 Å². The third-order valence-electron chi connectivity index (χ3n) is 2.94. The average molecular weight is 444 g/mol. The molecule has 0 aromatic heterocycles. The first-order valence-corrected chi connectivity index (χ1v) is 8.08. The van der Waals surface area contributed by atoms with Crippen LogP contribution in [0.15, 0.2) is 45.3 Å². The number of ether oxygens (including phenoxy) is 1. The van der Waals surface area contributed by atoms with Crippen molar-refractivity contribution in [3.05, 3.63) is 61.0 Å². The van der Waals surface area contributed by atoms with Gasteiger partial charge in [-0.3, -0.25) is 14.9 Å². The molecule has 0 aliphatic heterocycles. The van der Waals surface area contributed by atoms with E-state index in [1.807, 2.05) is 19.1 Å². The van der Waals surface area contributed by atoms with Gasteiger partial charge in [-0.15, -0.1) is 0 Å². The number of carbonyl (C=O) groups is 1. The van der Waals surface area contributed by atoms with Crippen LogP contribution in [0.4, 0.5) is 11.4 Å². The first kappa shape index (κ1) is 17.4. The summed E-state index contributed by atoms with van der Waals surface area (Å²) in [5.74, 6) is 0.226. The Balaban J connectivity index is 1.97. The lowest BCUT2D eigenvalue weighted by molar-refractivity contribution is -0.384. The zero-order valence-corrected chi connectivity index (χ0v) is 15.2. The molecular formula is C15H12Br2N2O4. The summed E-state index contributed by atoms with van der Waals surface area (Å²) in [6.07, 6.45) is 0. The summed E-state index contributed by atoms with van der Waals surface area (Å²) < 4.78 is 6.81. The lowest BCUT2D eigenvalue weighted by atomic mass is 10.2. The van der Waals surface area contributed by atoms with Crippen molar-refractivity contribution in [2.24, 2.45) is 0 Å². The molecular weight excluding hydrogens is 432 g/mol. The van der Waals surface area contributed by atoms with Crippen molar-refractivity contribution < 1.29 is 14.5 Å². The second-order valence-corrected chi connectivity index (χ2v) is 6.38. The van der Waals surface area contributed by atoms with Gasteiger partial charge in [0.15, 0.2) is 6.61 Å². The summed E-state index contributed by atoms with van der Waals surface area (Å²) in [5.41, 5.74) is 1.38. The zero-order valence-electron chi connectivity index (χ0n) is 12.0. The number of non-ortho nitro benzene ring substituents is 1. The standard InChI is InChI=1S/C15H12Br2N2O4/c1-9-6-11(3-4-12(9)16)23-8-15(20)18-14-5-2-10(19(21)22)7-13(14)17/h2-7H,8H2,1H3,(H,18,20). The first-order chi connectivity index (χ1) is 10.9. The number of nitrogens with one attached hydrogen (secondary N) is 1. The van der Waals surface area contributed by atoms with E-state index in [0.29, 0.717) is 15.9 Å². The van der Waals surface area contributed by atoms with E-state index in [4.69, 9.17) is 4.74 Å². The molecule has 0 bridgehead atoms. The van der Waals surface area contributed by atoms with Gasteiger partial charge in [0.1, 0.15) is 5.75 Å². The van der Waals surface area contributed by atoms with Crippen LogP contribution in [0.5, 0.6) is 5.75 Å². The Bertz CT molecular complexity index is 765. The molecule has 0 spiro atoms. The maximum Gasteiger partial charge on any atom is 0.270 e.